The van der Waals surface area contributed by atoms with Crippen molar-refractivity contribution in [1.29, 1.82) is 0 Å². The van der Waals surface area contributed by atoms with Gasteiger partial charge in [-0.1, -0.05) is 0 Å². The highest BCUT2D eigenvalue weighted by molar-refractivity contribution is 4.99. The van der Waals surface area contributed by atoms with Crippen LogP contribution in [0.4, 0.5) is 0 Å². The van der Waals surface area contributed by atoms with Gasteiger partial charge in [0.1, 0.15) is 122 Å². The van der Waals surface area contributed by atoms with Crippen LogP contribution in [0, 0.1) is 0 Å². The van der Waals surface area contributed by atoms with Crippen molar-refractivity contribution in [3.63, 3.8) is 0 Å². The summed E-state index contributed by atoms with van der Waals surface area (Å²) >= 11 is 0. The fourth-order valence-electron chi connectivity index (χ4n) is 7.03. The lowest BCUT2D eigenvalue weighted by molar-refractivity contribution is -0.392. The first kappa shape index (κ1) is 46.0. The Kier molecular flexibility index (Phi) is 16.1. The van der Waals surface area contributed by atoms with E-state index in [2.05, 4.69) is 0 Å². The number of rotatable bonds is 13. The first-order valence-electron chi connectivity index (χ1n) is 17.6. The standard InChI is InChI=1S/C30H52O26/c31-1-6-11(36)12(37)18(43)27(49-6)54-23-8(3-33)51-29(20(45)14(23)39)56-25-10(5-35)52-30(21(46)16(25)41)55-24-9(4-34)50-28(19(44)15(24)40)53-22-7(2-32)48-26(47)17(42)13(22)38/h6-47H,1-5H2/t6-,7-,8-,9-,10-,11-,12+,13-,14-,15-,16-,17-,18-,19-,20-,21-,22-,23-,24-,25-,26?,27+,28-,29+,30-/m0/s1. The Bertz CT molecular complexity index is 1200. The molecule has 5 aliphatic heterocycles. The van der Waals surface area contributed by atoms with Crippen molar-refractivity contribution in [3.05, 3.63) is 0 Å². The highest BCUT2D eigenvalue weighted by Crippen LogP contribution is 2.35. The van der Waals surface area contributed by atoms with Crippen molar-refractivity contribution in [2.75, 3.05) is 33.0 Å². The SMILES string of the molecule is OC[C@@H]1O[C@H](O[C@@H]2[C@@H](O)[C@H](O)[C@@H](O[C@@H]3[C@@H](O)[C@H](O)[C@H](O[C@@H]4[C@@H](O)[C@H](O)[C@H](O[C@@H]5[C@@H](O)[C@H](O)C(O)O[C@H]5CO)O[C@H]4CO)O[C@H]3CO)O[C@H]2CO)[C@@H](O)[C@H](O)[C@H]1O. The molecule has 0 saturated carbocycles. The zero-order valence-electron chi connectivity index (χ0n) is 29.2. The molecule has 0 spiro atoms. The number of hydrogen-bond acceptors (Lipinski definition) is 26. The molecule has 26 nitrogen and oxygen atoms in total. The molecule has 328 valence electrons. The molecule has 17 N–H and O–H groups in total. The summed E-state index contributed by atoms with van der Waals surface area (Å²) in [4.78, 5) is 0. The van der Waals surface area contributed by atoms with Crippen molar-refractivity contribution < 1.29 is 129 Å². The summed E-state index contributed by atoms with van der Waals surface area (Å²) in [5.41, 5.74) is 0. The smallest absolute Gasteiger partial charge is 0.187 e. The predicted octanol–water partition coefficient (Wildman–Crippen LogP) is -11.9. The fraction of sp³-hybridized carbons (Fsp3) is 1.00. The molecule has 0 amide bonds. The third-order valence-corrected chi connectivity index (χ3v) is 10.3. The van der Waals surface area contributed by atoms with E-state index in [-0.39, 0.29) is 0 Å². The van der Waals surface area contributed by atoms with Crippen LogP contribution in [-0.2, 0) is 42.6 Å². The van der Waals surface area contributed by atoms with Gasteiger partial charge in [-0.15, -0.1) is 0 Å². The number of hydrogen-bond donors (Lipinski definition) is 17. The molecule has 0 radical (unpaired) electrons. The Morgan fingerprint density at radius 3 is 0.821 bits per heavy atom. The van der Waals surface area contributed by atoms with Crippen LogP contribution >= 0.6 is 0 Å². The Morgan fingerprint density at radius 1 is 0.268 bits per heavy atom. The van der Waals surface area contributed by atoms with Crippen LogP contribution in [0.15, 0.2) is 0 Å². The van der Waals surface area contributed by atoms with Crippen LogP contribution in [0.2, 0.25) is 0 Å². The molecule has 0 aromatic heterocycles. The Morgan fingerprint density at radius 2 is 0.518 bits per heavy atom. The third-order valence-electron chi connectivity index (χ3n) is 10.3. The monoisotopic (exact) mass is 828 g/mol. The van der Waals surface area contributed by atoms with Crippen LogP contribution in [-0.4, -0.2) is 273 Å². The molecule has 0 aromatic rings. The van der Waals surface area contributed by atoms with Crippen LogP contribution < -0.4 is 0 Å². The Labute approximate surface area is 316 Å². The molecule has 26 heteroatoms. The lowest BCUT2D eigenvalue weighted by Gasteiger charge is -2.49. The van der Waals surface area contributed by atoms with E-state index in [1.165, 1.54) is 0 Å². The average molecular weight is 829 g/mol. The van der Waals surface area contributed by atoms with Gasteiger partial charge in [-0.05, 0) is 0 Å². The largest absolute Gasteiger partial charge is 0.394 e. The van der Waals surface area contributed by atoms with Gasteiger partial charge in [-0.2, -0.15) is 0 Å². The molecule has 0 aromatic carbocycles. The molecule has 5 saturated heterocycles. The lowest BCUT2D eigenvalue weighted by atomic mass is 9.95. The van der Waals surface area contributed by atoms with E-state index >= 15 is 0 Å². The van der Waals surface area contributed by atoms with Crippen molar-refractivity contribution in [1.82, 2.24) is 0 Å². The predicted molar refractivity (Wildman–Crippen MR) is 167 cm³/mol. The van der Waals surface area contributed by atoms with E-state index in [1.54, 1.807) is 0 Å². The van der Waals surface area contributed by atoms with Gasteiger partial charge < -0.3 is 129 Å². The summed E-state index contributed by atoms with van der Waals surface area (Å²) in [6, 6.07) is 0. The fourth-order valence-corrected chi connectivity index (χ4v) is 7.03. The van der Waals surface area contributed by atoms with Crippen LogP contribution in [0.1, 0.15) is 0 Å². The number of ether oxygens (including phenoxy) is 9. The molecular weight excluding hydrogens is 776 g/mol. The van der Waals surface area contributed by atoms with Crippen molar-refractivity contribution >= 4 is 0 Å². The normalized spacial score (nSPS) is 53.2. The van der Waals surface area contributed by atoms with E-state index in [9.17, 15) is 86.8 Å². The van der Waals surface area contributed by atoms with E-state index in [1.807, 2.05) is 0 Å². The maximum atomic E-state index is 11.1. The molecule has 5 aliphatic rings. The number of aliphatic hydroxyl groups is 17. The van der Waals surface area contributed by atoms with Gasteiger partial charge >= 0.3 is 0 Å². The topological polar surface area (TPSA) is 427 Å². The van der Waals surface area contributed by atoms with Gasteiger partial charge in [0.2, 0.25) is 0 Å². The molecule has 0 bridgehead atoms. The van der Waals surface area contributed by atoms with Gasteiger partial charge in [0.05, 0.1) is 33.0 Å². The summed E-state index contributed by atoms with van der Waals surface area (Å²) < 4.78 is 49.1. The van der Waals surface area contributed by atoms with E-state index in [0.717, 1.165) is 0 Å². The Hall–Kier alpha value is -1.04. The minimum Gasteiger partial charge on any atom is -0.394 e. The average Bonchev–Trinajstić information content (AvgIpc) is 3.19. The molecular formula is C30H52O26. The highest BCUT2D eigenvalue weighted by Gasteiger charge is 2.56. The highest BCUT2D eigenvalue weighted by atomic mass is 16.8. The van der Waals surface area contributed by atoms with Crippen molar-refractivity contribution in [2.24, 2.45) is 0 Å². The molecule has 25 atom stereocenters. The minimum absolute atomic E-state index is 0.811. The summed E-state index contributed by atoms with van der Waals surface area (Å²) in [5.74, 6) is 0. The number of aliphatic hydroxyl groups excluding tert-OH is 17. The second-order valence-electron chi connectivity index (χ2n) is 13.9. The maximum absolute atomic E-state index is 11.1. The molecule has 5 fully saturated rings. The van der Waals surface area contributed by atoms with Gasteiger partial charge in [-0.25, -0.2) is 0 Å². The van der Waals surface area contributed by atoms with Gasteiger partial charge in [0.15, 0.2) is 31.5 Å². The third kappa shape index (κ3) is 9.16. The molecule has 1 unspecified atom stereocenters. The van der Waals surface area contributed by atoms with Crippen LogP contribution in [0.5, 0.6) is 0 Å². The second-order valence-corrected chi connectivity index (χ2v) is 13.9. The quantitative estimate of drug-likeness (QED) is 0.0819. The summed E-state index contributed by atoms with van der Waals surface area (Å²) in [5, 5.41) is 176. The van der Waals surface area contributed by atoms with Crippen LogP contribution in [0.3, 0.4) is 0 Å². The Balaban J connectivity index is 1.22. The van der Waals surface area contributed by atoms with Gasteiger partial charge in [-0.3, -0.25) is 0 Å². The van der Waals surface area contributed by atoms with Crippen molar-refractivity contribution in [2.45, 2.75) is 154 Å². The van der Waals surface area contributed by atoms with Gasteiger partial charge in [0.25, 0.3) is 0 Å². The molecule has 0 aliphatic carbocycles. The molecule has 5 heterocycles. The van der Waals surface area contributed by atoms with Gasteiger partial charge in [0, 0.05) is 0 Å². The lowest BCUT2D eigenvalue weighted by Crippen LogP contribution is -2.68. The summed E-state index contributed by atoms with van der Waals surface area (Å²) in [7, 11) is 0. The zero-order valence-corrected chi connectivity index (χ0v) is 29.2. The van der Waals surface area contributed by atoms with E-state index < -0.39 is 187 Å². The minimum atomic E-state index is -2.12. The summed E-state index contributed by atoms with van der Waals surface area (Å²) in [6.07, 6.45) is -45.8. The van der Waals surface area contributed by atoms with Crippen LogP contribution in [0.25, 0.3) is 0 Å². The second kappa shape index (κ2) is 19.6. The van der Waals surface area contributed by atoms with E-state index in [0.29, 0.717) is 0 Å². The molecule has 5 rings (SSSR count). The zero-order chi connectivity index (χ0) is 41.3. The molecule has 56 heavy (non-hydrogen) atoms. The van der Waals surface area contributed by atoms with E-state index in [4.69, 9.17) is 42.6 Å². The summed E-state index contributed by atoms with van der Waals surface area (Å²) in [6.45, 7) is -4.51. The first-order valence-corrected chi connectivity index (χ1v) is 17.6. The van der Waals surface area contributed by atoms with Crippen molar-refractivity contribution in [3.8, 4) is 0 Å². The maximum Gasteiger partial charge on any atom is 0.187 e. The first-order chi connectivity index (χ1) is 26.5.